The van der Waals surface area contributed by atoms with E-state index in [4.69, 9.17) is 0 Å². The van der Waals surface area contributed by atoms with Gasteiger partial charge in [-0.05, 0) is 42.0 Å². The molecule has 0 aromatic heterocycles. The number of aryl methyl sites for hydroxylation is 1. The van der Waals surface area contributed by atoms with Crippen molar-refractivity contribution in [2.45, 2.75) is 26.3 Å². The molecule has 0 saturated heterocycles. The van der Waals surface area contributed by atoms with E-state index in [0.29, 0.717) is 5.56 Å². The molecular formula is C23H22N2O2. The smallest absolute Gasteiger partial charge is 0.259 e. The van der Waals surface area contributed by atoms with Gasteiger partial charge in [-0.25, -0.2) is 0 Å². The van der Waals surface area contributed by atoms with E-state index in [2.05, 4.69) is 24.4 Å². The van der Waals surface area contributed by atoms with Crippen LogP contribution in [0, 0.1) is 0 Å². The topological polar surface area (TPSA) is 49.4 Å². The summed E-state index contributed by atoms with van der Waals surface area (Å²) in [4.78, 5) is 27.0. The van der Waals surface area contributed by atoms with Gasteiger partial charge in [-0.15, -0.1) is 0 Å². The summed E-state index contributed by atoms with van der Waals surface area (Å²) in [6, 6.07) is 19.6. The van der Waals surface area contributed by atoms with Crippen molar-refractivity contribution in [2.24, 2.45) is 0 Å². The first-order valence-corrected chi connectivity index (χ1v) is 9.30. The van der Waals surface area contributed by atoms with Crippen molar-refractivity contribution in [1.82, 2.24) is 5.32 Å². The molecule has 1 heterocycles. The molecule has 2 amide bonds. The van der Waals surface area contributed by atoms with Gasteiger partial charge in [0.15, 0.2) is 0 Å². The summed E-state index contributed by atoms with van der Waals surface area (Å²) < 4.78 is 0. The number of hydrogen-bond acceptors (Lipinski definition) is 2. The molecule has 0 bridgehead atoms. The second-order valence-electron chi connectivity index (χ2n) is 6.96. The Bertz CT molecular complexity index is 1020. The van der Waals surface area contributed by atoms with Crippen LogP contribution < -0.4 is 10.2 Å². The van der Waals surface area contributed by atoms with Crippen LogP contribution in [-0.4, -0.2) is 18.4 Å². The number of nitrogens with zero attached hydrogens (tertiary/aromatic N) is 1. The molecule has 1 atom stereocenters. The lowest BCUT2D eigenvalue weighted by atomic mass is 10.1. The van der Waals surface area contributed by atoms with Crippen molar-refractivity contribution >= 4 is 28.3 Å². The number of anilines is 1. The molecule has 0 unspecified atom stereocenters. The molecule has 3 aromatic rings. The number of rotatable bonds is 5. The number of carbonyl (C=O) groups is 2. The van der Waals surface area contributed by atoms with Gasteiger partial charge in [0.05, 0.1) is 11.7 Å². The van der Waals surface area contributed by atoms with Crippen LogP contribution in [0.25, 0.3) is 10.8 Å². The van der Waals surface area contributed by atoms with Gasteiger partial charge in [0.25, 0.3) is 5.91 Å². The molecule has 0 saturated carbocycles. The van der Waals surface area contributed by atoms with E-state index in [9.17, 15) is 9.59 Å². The molecule has 1 N–H and O–H groups in total. The van der Waals surface area contributed by atoms with Crippen LogP contribution in [0.5, 0.6) is 0 Å². The van der Waals surface area contributed by atoms with Crippen LogP contribution in [0.1, 0.15) is 41.4 Å². The molecule has 0 fully saturated rings. The Morgan fingerprint density at radius 1 is 1.04 bits per heavy atom. The molecule has 0 radical (unpaired) electrons. The van der Waals surface area contributed by atoms with Crippen molar-refractivity contribution in [1.29, 1.82) is 0 Å². The highest BCUT2D eigenvalue weighted by Crippen LogP contribution is 2.36. The quantitative estimate of drug-likeness (QED) is 0.742. The van der Waals surface area contributed by atoms with Gasteiger partial charge in [0.1, 0.15) is 6.54 Å². The SMILES string of the molecule is CCc1ccc([C@@H](C)NC(=O)CN2C(=O)c3cccc4cccc2c34)cc1. The van der Waals surface area contributed by atoms with Gasteiger partial charge in [-0.3, -0.25) is 14.5 Å². The van der Waals surface area contributed by atoms with Crippen LogP contribution >= 0.6 is 0 Å². The van der Waals surface area contributed by atoms with Gasteiger partial charge in [0, 0.05) is 10.9 Å². The van der Waals surface area contributed by atoms with E-state index in [1.807, 2.05) is 55.5 Å². The summed E-state index contributed by atoms with van der Waals surface area (Å²) in [6.45, 7) is 4.09. The zero-order valence-corrected chi connectivity index (χ0v) is 15.5. The third kappa shape index (κ3) is 3.08. The zero-order valence-electron chi connectivity index (χ0n) is 15.5. The van der Waals surface area contributed by atoms with Crippen LogP contribution in [0.2, 0.25) is 0 Å². The lowest BCUT2D eigenvalue weighted by molar-refractivity contribution is -0.120. The minimum atomic E-state index is -0.166. The molecule has 4 heteroatoms. The first-order chi connectivity index (χ1) is 13.1. The average molecular weight is 358 g/mol. The largest absolute Gasteiger partial charge is 0.348 e. The van der Waals surface area contributed by atoms with E-state index >= 15 is 0 Å². The Labute approximate surface area is 158 Å². The molecule has 136 valence electrons. The Morgan fingerprint density at radius 3 is 2.44 bits per heavy atom. The van der Waals surface area contributed by atoms with Crippen LogP contribution in [0.3, 0.4) is 0 Å². The minimum absolute atomic E-state index is 0.0179. The van der Waals surface area contributed by atoms with Crippen molar-refractivity contribution in [2.75, 3.05) is 11.4 Å². The van der Waals surface area contributed by atoms with Gasteiger partial charge in [-0.2, -0.15) is 0 Å². The Balaban J connectivity index is 1.50. The lowest BCUT2D eigenvalue weighted by Crippen LogP contribution is -2.39. The highest BCUT2D eigenvalue weighted by Gasteiger charge is 2.31. The lowest BCUT2D eigenvalue weighted by Gasteiger charge is -2.20. The van der Waals surface area contributed by atoms with Crippen molar-refractivity contribution < 1.29 is 9.59 Å². The second kappa shape index (κ2) is 6.88. The minimum Gasteiger partial charge on any atom is -0.348 e. The van der Waals surface area contributed by atoms with Crippen molar-refractivity contribution in [3.8, 4) is 0 Å². The highest BCUT2D eigenvalue weighted by molar-refractivity contribution is 6.26. The fraction of sp³-hybridized carbons (Fsp3) is 0.217. The van der Waals surface area contributed by atoms with Crippen LogP contribution in [0.4, 0.5) is 5.69 Å². The number of carbonyl (C=O) groups excluding carboxylic acids is 2. The summed E-state index contributed by atoms with van der Waals surface area (Å²) in [5.74, 6) is -0.280. The molecule has 27 heavy (non-hydrogen) atoms. The highest BCUT2D eigenvalue weighted by atomic mass is 16.2. The summed E-state index contributed by atoms with van der Waals surface area (Å²) >= 11 is 0. The molecule has 3 aromatic carbocycles. The second-order valence-corrected chi connectivity index (χ2v) is 6.96. The molecule has 4 rings (SSSR count). The zero-order chi connectivity index (χ0) is 19.0. The number of benzene rings is 3. The maximum Gasteiger partial charge on any atom is 0.259 e. The van der Waals surface area contributed by atoms with Crippen LogP contribution in [0.15, 0.2) is 60.7 Å². The predicted octanol–water partition coefficient (Wildman–Crippen LogP) is 4.24. The summed E-state index contributed by atoms with van der Waals surface area (Å²) in [5.41, 5.74) is 3.80. The first-order valence-electron chi connectivity index (χ1n) is 9.30. The molecular weight excluding hydrogens is 336 g/mol. The average Bonchev–Trinajstić information content (AvgIpc) is 2.96. The normalized spacial score (nSPS) is 13.9. The standard InChI is InChI=1S/C23H22N2O2/c1-3-16-10-12-17(13-11-16)15(2)24-21(26)14-25-20-9-5-7-18-6-4-8-19(22(18)20)23(25)27/h4-13,15H,3,14H2,1-2H3,(H,24,26)/t15-/m1/s1. The van der Waals surface area contributed by atoms with Gasteiger partial charge >= 0.3 is 0 Å². The van der Waals surface area contributed by atoms with Crippen LogP contribution in [-0.2, 0) is 11.2 Å². The Morgan fingerprint density at radius 2 is 1.74 bits per heavy atom. The fourth-order valence-corrected chi connectivity index (χ4v) is 3.69. The molecule has 0 spiro atoms. The summed E-state index contributed by atoms with van der Waals surface area (Å²) in [6.07, 6.45) is 0.990. The fourth-order valence-electron chi connectivity index (χ4n) is 3.69. The van der Waals surface area contributed by atoms with Crippen molar-refractivity contribution in [3.63, 3.8) is 0 Å². The molecule has 4 nitrogen and oxygen atoms in total. The van der Waals surface area contributed by atoms with E-state index in [1.165, 1.54) is 5.56 Å². The molecule has 0 aliphatic carbocycles. The van der Waals surface area contributed by atoms with Gasteiger partial charge < -0.3 is 5.32 Å². The third-order valence-corrected chi connectivity index (χ3v) is 5.22. The Hall–Kier alpha value is -3.14. The number of nitrogens with one attached hydrogen (secondary N) is 1. The maximum atomic E-state index is 12.8. The summed E-state index contributed by atoms with van der Waals surface area (Å²) in [5, 5.41) is 4.96. The number of amides is 2. The monoisotopic (exact) mass is 358 g/mol. The Kier molecular flexibility index (Phi) is 4.40. The van der Waals surface area contributed by atoms with E-state index < -0.39 is 0 Å². The summed E-state index contributed by atoms with van der Waals surface area (Å²) in [7, 11) is 0. The van der Waals surface area contributed by atoms with Gasteiger partial charge in [-0.1, -0.05) is 55.5 Å². The predicted molar refractivity (Wildman–Crippen MR) is 108 cm³/mol. The molecule has 1 aliphatic heterocycles. The number of hydrogen-bond donors (Lipinski definition) is 1. The van der Waals surface area contributed by atoms with E-state index in [-0.39, 0.29) is 24.4 Å². The van der Waals surface area contributed by atoms with E-state index in [1.54, 1.807) is 4.90 Å². The first kappa shape index (κ1) is 17.3. The maximum absolute atomic E-state index is 12.8. The van der Waals surface area contributed by atoms with E-state index in [0.717, 1.165) is 28.4 Å². The van der Waals surface area contributed by atoms with Gasteiger partial charge in [0.2, 0.25) is 5.91 Å². The van der Waals surface area contributed by atoms with Crippen molar-refractivity contribution in [3.05, 3.63) is 77.4 Å². The molecule has 1 aliphatic rings. The third-order valence-electron chi connectivity index (χ3n) is 5.22.